The van der Waals surface area contributed by atoms with Gasteiger partial charge in [0.15, 0.2) is 12.4 Å². The Morgan fingerprint density at radius 1 is 0.879 bits per heavy atom. The number of nitrogens with zero attached hydrogens (tertiary/aromatic N) is 2. The average molecular weight is 441 g/mol. The molecule has 1 aliphatic rings. The molecule has 0 spiro atoms. The van der Waals surface area contributed by atoms with Crippen molar-refractivity contribution in [1.29, 1.82) is 0 Å². The molecule has 33 heavy (non-hydrogen) atoms. The summed E-state index contributed by atoms with van der Waals surface area (Å²) in [6.07, 6.45) is 1.60. The van der Waals surface area contributed by atoms with Gasteiger partial charge in [0.1, 0.15) is 6.54 Å². The van der Waals surface area contributed by atoms with Gasteiger partial charge in [0.2, 0.25) is 0 Å². The molecule has 1 aliphatic heterocycles. The maximum absolute atomic E-state index is 12.7. The summed E-state index contributed by atoms with van der Waals surface area (Å²) in [6.45, 7) is 3.91. The third-order valence-electron chi connectivity index (χ3n) is 6.04. The van der Waals surface area contributed by atoms with E-state index in [-0.39, 0.29) is 24.3 Å². The van der Waals surface area contributed by atoms with Crippen LogP contribution in [-0.2, 0) is 19.7 Å². The number of carbonyl (C=O) groups is 2. The summed E-state index contributed by atoms with van der Waals surface area (Å²) in [5.41, 5.74) is 4.59. The second kappa shape index (κ2) is 9.33. The molecule has 0 fully saturated rings. The van der Waals surface area contributed by atoms with Crippen molar-refractivity contribution in [2.24, 2.45) is 0 Å². The first-order valence-electron chi connectivity index (χ1n) is 11.0. The predicted octanol–water partition coefficient (Wildman–Crippen LogP) is 5.25. The summed E-state index contributed by atoms with van der Waals surface area (Å²) in [4.78, 5) is 29.3. The molecule has 0 aromatic heterocycles. The Balaban J connectivity index is 1.44. The largest absolute Gasteiger partial charge is 0.456 e. The van der Waals surface area contributed by atoms with Crippen LogP contribution >= 0.6 is 0 Å². The maximum atomic E-state index is 12.7. The summed E-state index contributed by atoms with van der Waals surface area (Å²) in [7, 11) is 1.95. The molecule has 0 radical (unpaired) electrons. The summed E-state index contributed by atoms with van der Waals surface area (Å²) < 4.78 is 5.37. The number of benzene rings is 3. The van der Waals surface area contributed by atoms with Gasteiger partial charge in [-0.1, -0.05) is 68.4 Å². The highest BCUT2D eigenvalue weighted by Gasteiger charge is 2.38. The quantitative estimate of drug-likeness (QED) is 0.371. The summed E-state index contributed by atoms with van der Waals surface area (Å²) in [5, 5.41) is 0. The number of hydrogen-bond donors (Lipinski definition) is 0. The molecule has 0 atom stereocenters. The Morgan fingerprint density at radius 2 is 1.42 bits per heavy atom. The molecule has 4 rings (SSSR count). The SMILES string of the molecule is CN1C(=CC(=O)COC(=O)CN(c2ccccc2)c2ccccc2)C(C)(C)c2ccccc21. The highest BCUT2D eigenvalue weighted by molar-refractivity contribution is 5.94. The Kier molecular flexibility index (Phi) is 6.31. The predicted molar refractivity (Wildman–Crippen MR) is 132 cm³/mol. The lowest BCUT2D eigenvalue weighted by atomic mass is 9.83. The lowest BCUT2D eigenvalue weighted by Gasteiger charge is -2.24. The number of ether oxygens (including phenoxy) is 1. The molecule has 0 unspecified atom stereocenters. The van der Waals surface area contributed by atoms with Gasteiger partial charge < -0.3 is 14.5 Å². The zero-order valence-electron chi connectivity index (χ0n) is 19.2. The molecule has 0 amide bonds. The molecule has 3 aromatic rings. The number of fused-ring (bicyclic) bond motifs is 1. The Hall–Kier alpha value is -3.86. The van der Waals surface area contributed by atoms with Gasteiger partial charge in [-0.15, -0.1) is 0 Å². The highest BCUT2D eigenvalue weighted by atomic mass is 16.5. The zero-order chi connectivity index (χ0) is 23.4. The van der Waals surface area contributed by atoms with Crippen LogP contribution in [0.2, 0.25) is 0 Å². The van der Waals surface area contributed by atoms with Gasteiger partial charge in [0.25, 0.3) is 0 Å². The van der Waals surface area contributed by atoms with Crippen LogP contribution in [0.1, 0.15) is 19.4 Å². The van der Waals surface area contributed by atoms with Gasteiger partial charge in [0, 0.05) is 41.3 Å². The number of hydrogen-bond acceptors (Lipinski definition) is 5. The number of para-hydroxylation sites is 3. The number of ketones is 1. The molecular formula is C28H28N2O3. The molecular weight excluding hydrogens is 412 g/mol. The van der Waals surface area contributed by atoms with Crippen LogP contribution in [0.5, 0.6) is 0 Å². The fourth-order valence-corrected chi connectivity index (χ4v) is 4.33. The van der Waals surface area contributed by atoms with Gasteiger partial charge in [-0.05, 0) is 35.9 Å². The first-order valence-corrected chi connectivity index (χ1v) is 11.0. The van der Waals surface area contributed by atoms with Crippen LogP contribution in [-0.4, -0.2) is 32.0 Å². The van der Waals surface area contributed by atoms with E-state index in [2.05, 4.69) is 19.9 Å². The fourth-order valence-electron chi connectivity index (χ4n) is 4.33. The normalized spacial score (nSPS) is 15.2. The minimum Gasteiger partial charge on any atom is -0.456 e. The van der Waals surface area contributed by atoms with Crippen molar-refractivity contribution in [3.63, 3.8) is 0 Å². The summed E-state index contributed by atoms with van der Waals surface area (Å²) in [5.74, 6) is -0.700. The molecule has 5 nitrogen and oxygen atoms in total. The van der Waals surface area contributed by atoms with E-state index < -0.39 is 5.97 Å². The molecule has 0 saturated carbocycles. The van der Waals surface area contributed by atoms with Gasteiger partial charge >= 0.3 is 5.97 Å². The van der Waals surface area contributed by atoms with Crippen molar-refractivity contribution in [2.45, 2.75) is 19.3 Å². The molecule has 0 saturated heterocycles. The molecule has 0 N–H and O–H groups in total. The average Bonchev–Trinajstić information content (AvgIpc) is 3.03. The first kappa shape index (κ1) is 22.3. The van der Waals surface area contributed by atoms with Crippen molar-refractivity contribution in [3.8, 4) is 0 Å². The smallest absolute Gasteiger partial charge is 0.326 e. The van der Waals surface area contributed by atoms with E-state index in [0.29, 0.717) is 0 Å². The van der Waals surface area contributed by atoms with Gasteiger partial charge in [-0.3, -0.25) is 9.59 Å². The number of anilines is 3. The third-order valence-corrected chi connectivity index (χ3v) is 6.04. The van der Waals surface area contributed by atoms with Crippen LogP contribution in [0.25, 0.3) is 0 Å². The van der Waals surface area contributed by atoms with Crippen LogP contribution in [0.3, 0.4) is 0 Å². The number of rotatable bonds is 7. The van der Waals surface area contributed by atoms with Crippen LogP contribution < -0.4 is 9.80 Å². The van der Waals surface area contributed by atoms with E-state index in [1.54, 1.807) is 6.08 Å². The molecule has 168 valence electrons. The lowest BCUT2D eigenvalue weighted by molar-refractivity contribution is -0.145. The summed E-state index contributed by atoms with van der Waals surface area (Å²) in [6, 6.07) is 27.4. The second-order valence-electron chi connectivity index (χ2n) is 8.61. The molecule has 0 bridgehead atoms. The number of esters is 1. The minimum absolute atomic E-state index is 0.00865. The van der Waals surface area contributed by atoms with Crippen molar-refractivity contribution < 1.29 is 14.3 Å². The number of allylic oxidation sites excluding steroid dienone is 1. The molecule has 5 heteroatoms. The van der Waals surface area contributed by atoms with Crippen molar-refractivity contribution in [2.75, 3.05) is 30.0 Å². The van der Waals surface area contributed by atoms with E-state index in [4.69, 9.17) is 4.74 Å². The Morgan fingerprint density at radius 3 is 2.00 bits per heavy atom. The topological polar surface area (TPSA) is 49.9 Å². The zero-order valence-corrected chi connectivity index (χ0v) is 19.2. The number of carbonyl (C=O) groups excluding carboxylic acids is 2. The standard InChI is InChI=1S/C28H28N2O3/c1-28(2)24-16-10-11-17-25(24)29(3)26(28)18-23(31)20-33-27(32)19-30(21-12-6-4-7-13-21)22-14-8-5-9-15-22/h4-18H,19-20H2,1-3H3. The van der Waals surface area contributed by atoms with Crippen LogP contribution in [0, 0.1) is 0 Å². The van der Waals surface area contributed by atoms with Crippen LogP contribution in [0.15, 0.2) is 96.7 Å². The van der Waals surface area contributed by atoms with E-state index in [1.807, 2.05) is 95.7 Å². The van der Waals surface area contributed by atoms with E-state index in [9.17, 15) is 9.59 Å². The minimum atomic E-state index is -0.461. The van der Waals surface area contributed by atoms with Gasteiger partial charge in [0.05, 0.1) is 0 Å². The van der Waals surface area contributed by atoms with E-state index in [0.717, 1.165) is 22.8 Å². The second-order valence-corrected chi connectivity index (χ2v) is 8.61. The first-order chi connectivity index (χ1) is 15.9. The van der Waals surface area contributed by atoms with Crippen molar-refractivity contribution in [3.05, 3.63) is 102 Å². The maximum Gasteiger partial charge on any atom is 0.326 e. The Bertz CT molecular complexity index is 1130. The highest BCUT2D eigenvalue weighted by Crippen LogP contribution is 2.46. The fraction of sp³-hybridized carbons (Fsp3) is 0.214. The monoisotopic (exact) mass is 440 g/mol. The summed E-state index contributed by atoms with van der Waals surface area (Å²) >= 11 is 0. The third kappa shape index (κ3) is 4.67. The van der Waals surface area contributed by atoms with Gasteiger partial charge in [-0.25, -0.2) is 0 Å². The van der Waals surface area contributed by atoms with E-state index in [1.165, 1.54) is 5.56 Å². The molecule has 1 heterocycles. The molecule has 3 aromatic carbocycles. The van der Waals surface area contributed by atoms with E-state index >= 15 is 0 Å². The Labute approximate surface area is 194 Å². The van der Waals surface area contributed by atoms with Crippen LogP contribution in [0.4, 0.5) is 17.1 Å². The molecule has 0 aliphatic carbocycles. The number of likely N-dealkylation sites (N-methyl/N-ethyl adjacent to an activating group) is 1. The lowest BCUT2D eigenvalue weighted by Crippen LogP contribution is -2.28. The van der Waals surface area contributed by atoms with Crippen molar-refractivity contribution >= 4 is 28.8 Å². The van der Waals surface area contributed by atoms with Gasteiger partial charge in [-0.2, -0.15) is 0 Å². The van der Waals surface area contributed by atoms with Crippen molar-refractivity contribution in [1.82, 2.24) is 0 Å².